The summed E-state index contributed by atoms with van der Waals surface area (Å²) in [4.78, 5) is 12.9. The van der Waals surface area contributed by atoms with Crippen LogP contribution in [0.1, 0.15) is 50.8 Å². The summed E-state index contributed by atoms with van der Waals surface area (Å²) in [6, 6.07) is 7.85. The van der Waals surface area contributed by atoms with Crippen LogP contribution in [-0.2, 0) is 4.79 Å². The van der Waals surface area contributed by atoms with Crippen molar-refractivity contribution in [2.24, 2.45) is 5.92 Å². The molecule has 4 N–H and O–H groups in total. The summed E-state index contributed by atoms with van der Waals surface area (Å²) in [5.74, 6) is -0.0369. The van der Waals surface area contributed by atoms with Gasteiger partial charge >= 0.3 is 0 Å². The number of hydrogen-bond acceptors (Lipinski definition) is 5. The molecule has 1 aliphatic rings. The molecule has 160 valence electrons. The summed E-state index contributed by atoms with van der Waals surface area (Å²) in [5, 5.41) is 23.3. The third-order valence-corrected chi connectivity index (χ3v) is 5.59. The molecule has 0 aliphatic heterocycles. The van der Waals surface area contributed by atoms with E-state index in [1.54, 1.807) is 5.48 Å². The van der Waals surface area contributed by atoms with Crippen molar-refractivity contribution in [3.05, 3.63) is 53.1 Å². The van der Waals surface area contributed by atoms with Gasteiger partial charge < -0.3 is 10.4 Å². The van der Waals surface area contributed by atoms with Gasteiger partial charge in [-0.25, -0.2) is 5.48 Å². The predicted octanol–water partition coefficient (Wildman–Crippen LogP) is 4.17. The second-order valence-electron chi connectivity index (χ2n) is 7.59. The molecule has 1 aromatic carbocycles. The van der Waals surface area contributed by atoms with Crippen molar-refractivity contribution in [1.82, 2.24) is 10.4 Å². The number of allylic oxidation sites excluding steroid dienone is 2. The number of aliphatic hydroxyl groups excluding tert-OH is 1. The number of aliphatic hydroxyl groups is 1. The molecule has 6 nitrogen and oxygen atoms in total. The number of unbranched alkanes of at least 4 members (excludes halogenated alkanes) is 3. The lowest BCUT2D eigenvalue weighted by Crippen LogP contribution is -2.28. The summed E-state index contributed by atoms with van der Waals surface area (Å²) in [7, 11) is 1.90. The van der Waals surface area contributed by atoms with E-state index in [0.29, 0.717) is 12.3 Å². The van der Waals surface area contributed by atoms with E-state index < -0.39 is 6.23 Å². The van der Waals surface area contributed by atoms with Crippen LogP contribution in [0.25, 0.3) is 0 Å². The normalized spacial score (nSPS) is 19.7. The van der Waals surface area contributed by atoms with Gasteiger partial charge in [0.1, 0.15) is 6.23 Å². The molecule has 1 aliphatic carbocycles. The first-order chi connectivity index (χ1) is 13.9. The predicted molar refractivity (Wildman–Crippen MR) is 117 cm³/mol. The largest absolute Gasteiger partial charge is 0.377 e. The lowest BCUT2D eigenvalue weighted by atomic mass is 9.96. The van der Waals surface area contributed by atoms with Gasteiger partial charge in [0.15, 0.2) is 0 Å². The average molecular weight is 422 g/mol. The van der Waals surface area contributed by atoms with Crippen LogP contribution in [0.15, 0.2) is 47.5 Å². The first kappa shape index (κ1) is 23.4. The quantitative estimate of drug-likeness (QED) is 0.186. The van der Waals surface area contributed by atoms with Crippen LogP contribution >= 0.6 is 11.6 Å². The summed E-state index contributed by atoms with van der Waals surface area (Å²) in [6.45, 7) is 2.89. The maximum absolute atomic E-state index is 10.9. The summed E-state index contributed by atoms with van der Waals surface area (Å²) >= 11 is 6.32. The van der Waals surface area contributed by atoms with Gasteiger partial charge in [-0.2, -0.15) is 0 Å². The first-order valence-corrected chi connectivity index (χ1v) is 10.5. The highest BCUT2D eigenvalue weighted by molar-refractivity contribution is 6.30. The van der Waals surface area contributed by atoms with Gasteiger partial charge in [-0.1, -0.05) is 55.7 Å². The van der Waals surface area contributed by atoms with E-state index >= 15 is 0 Å². The molecule has 0 aromatic heterocycles. The van der Waals surface area contributed by atoms with Gasteiger partial charge in [-0.15, -0.1) is 0 Å². The Kier molecular flexibility index (Phi) is 9.67. The second-order valence-corrected chi connectivity index (χ2v) is 8.03. The Balaban J connectivity index is 1.76. The Morgan fingerprint density at radius 3 is 2.55 bits per heavy atom. The van der Waals surface area contributed by atoms with Crippen molar-refractivity contribution in [2.75, 3.05) is 18.9 Å². The highest BCUT2D eigenvalue weighted by atomic mass is 35.5. The average Bonchev–Trinajstić information content (AvgIpc) is 2.72. The number of anilines is 1. The highest BCUT2D eigenvalue weighted by Gasteiger charge is 2.20. The van der Waals surface area contributed by atoms with E-state index in [2.05, 4.69) is 18.3 Å². The van der Waals surface area contributed by atoms with Gasteiger partial charge in [0.25, 0.3) is 0 Å². The molecule has 3 atom stereocenters. The summed E-state index contributed by atoms with van der Waals surface area (Å²) in [5.41, 5.74) is 3.45. The number of hydrogen-bond donors (Lipinski definition) is 4. The fourth-order valence-electron chi connectivity index (χ4n) is 3.35. The molecule has 3 unspecified atom stereocenters. The highest BCUT2D eigenvalue weighted by Crippen LogP contribution is 2.27. The van der Waals surface area contributed by atoms with E-state index in [-0.39, 0.29) is 11.9 Å². The second kappa shape index (κ2) is 12.0. The molecular formula is C22H32ClN3O3. The van der Waals surface area contributed by atoms with Crippen molar-refractivity contribution in [3.63, 3.8) is 0 Å². The lowest BCUT2D eigenvalue weighted by molar-refractivity contribution is -0.129. The molecule has 0 spiro atoms. The Labute approximate surface area is 178 Å². The first-order valence-electron chi connectivity index (χ1n) is 10.1. The number of rotatable bonds is 11. The number of benzene rings is 1. The number of nitrogens with zero attached hydrogens (tertiary/aromatic N) is 1. The molecule has 7 heteroatoms. The van der Waals surface area contributed by atoms with Gasteiger partial charge in [-0.3, -0.25) is 14.9 Å². The zero-order chi connectivity index (χ0) is 21.2. The molecule has 29 heavy (non-hydrogen) atoms. The number of amides is 1. The maximum Gasteiger partial charge on any atom is 0.243 e. The van der Waals surface area contributed by atoms with Crippen molar-refractivity contribution < 1.29 is 15.1 Å². The molecule has 0 bridgehead atoms. The molecular weight excluding hydrogens is 390 g/mol. The molecule has 0 saturated heterocycles. The van der Waals surface area contributed by atoms with Crippen molar-refractivity contribution >= 4 is 23.2 Å². The smallest absolute Gasteiger partial charge is 0.243 e. The Bertz CT molecular complexity index is 706. The molecule has 0 fully saturated rings. The van der Waals surface area contributed by atoms with Crippen LogP contribution in [-0.4, -0.2) is 40.8 Å². The zero-order valence-electron chi connectivity index (χ0n) is 17.1. The Morgan fingerprint density at radius 1 is 1.21 bits per heavy atom. The number of halogens is 1. The monoisotopic (exact) mass is 421 g/mol. The van der Waals surface area contributed by atoms with Crippen LogP contribution in [0.4, 0.5) is 5.69 Å². The SMILES string of the molecule is CC1C=CC=C(Cl)C1Nc1ccc(C(O)N(C)CCCCCCC(=O)NO)cc1. The number of nitrogens with one attached hydrogen (secondary N) is 2. The van der Waals surface area contributed by atoms with Crippen LogP contribution in [0.3, 0.4) is 0 Å². The topological polar surface area (TPSA) is 84.8 Å². The maximum atomic E-state index is 10.9. The van der Waals surface area contributed by atoms with Crippen LogP contribution in [0, 0.1) is 5.92 Å². The van der Waals surface area contributed by atoms with Gasteiger partial charge in [0.05, 0.1) is 6.04 Å². The van der Waals surface area contributed by atoms with Crippen molar-refractivity contribution in [2.45, 2.75) is 51.3 Å². The van der Waals surface area contributed by atoms with Crippen LogP contribution in [0.5, 0.6) is 0 Å². The molecule has 0 heterocycles. The molecule has 1 amide bonds. The third kappa shape index (κ3) is 7.48. The molecule has 0 saturated carbocycles. The number of carbonyl (C=O) groups is 1. The van der Waals surface area contributed by atoms with Crippen molar-refractivity contribution in [3.8, 4) is 0 Å². The van der Waals surface area contributed by atoms with Gasteiger partial charge in [0.2, 0.25) is 5.91 Å². The van der Waals surface area contributed by atoms with Gasteiger partial charge in [-0.05, 0) is 49.6 Å². The molecule has 2 rings (SSSR count). The van der Waals surface area contributed by atoms with E-state index in [1.165, 1.54) is 0 Å². The number of hydroxylamine groups is 1. The standard InChI is InChI=1S/C22H32ClN3O3/c1-16-8-7-9-19(23)21(16)24-18-13-11-17(12-14-18)22(28)26(2)15-6-4-3-5-10-20(27)25-29/h7-9,11-14,16,21-22,24,28-29H,3-6,10,15H2,1-2H3,(H,25,27). The van der Waals surface area contributed by atoms with Crippen molar-refractivity contribution in [1.29, 1.82) is 0 Å². The minimum atomic E-state index is -0.663. The van der Waals surface area contributed by atoms with E-state index in [0.717, 1.165) is 48.5 Å². The minimum Gasteiger partial charge on any atom is -0.377 e. The fraction of sp³-hybridized carbons (Fsp3) is 0.500. The van der Waals surface area contributed by atoms with Gasteiger partial charge in [0, 0.05) is 23.7 Å². The van der Waals surface area contributed by atoms with Crippen LogP contribution < -0.4 is 10.8 Å². The minimum absolute atomic E-state index is 0.0589. The Morgan fingerprint density at radius 2 is 1.90 bits per heavy atom. The third-order valence-electron chi connectivity index (χ3n) is 5.23. The van der Waals surface area contributed by atoms with E-state index in [9.17, 15) is 9.90 Å². The fourth-order valence-corrected chi connectivity index (χ4v) is 3.68. The zero-order valence-corrected chi connectivity index (χ0v) is 17.9. The summed E-state index contributed by atoms with van der Waals surface area (Å²) in [6.07, 6.45) is 9.27. The molecule has 1 aromatic rings. The molecule has 0 radical (unpaired) electrons. The van der Waals surface area contributed by atoms with E-state index in [4.69, 9.17) is 16.8 Å². The Hall–Kier alpha value is -1.86. The van der Waals surface area contributed by atoms with E-state index in [1.807, 2.05) is 48.4 Å². The summed E-state index contributed by atoms with van der Waals surface area (Å²) < 4.78 is 0. The number of carbonyl (C=O) groups excluding carboxylic acids is 1. The van der Waals surface area contributed by atoms with Crippen LogP contribution in [0.2, 0.25) is 0 Å². The lowest BCUT2D eigenvalue weighted by Gasteiger charge is -2.27.